The minimum atomic E-state index is -1.53. The topological polar surface area (TPSA) is 74.6 Å². The monoisotopic (exact) mass is 332 g/mol. The van der Waals surface area contributed by atoms with Gasteiger partial charge in [0.15, 0.2) is 5.41 Å². The van der Waals surface area contributed by atoms with Crippen molar-refractivity contribution in [1.82, 2.24) is 0 Å². The second-order valence-corrected chi connectivity index (χ2v) is 6.15. The molecule has 0 radical (unpaired) electrons. The van der Waals surface area contributed by atoms with Gasteiger partial charge >= 0.3 is 92.9 Å². The summed E-state index contributed by atoms with van der Waals surface area (Å²) < 4.78 is 0. The van der Waals surface area contributed by atoms with Crippen LogP contribution >= 0.6 is 0 Å². The summed E-state index contributed by atoms with van der Waals surface area (Å²) in [5.74, 6) is -2.56. The van der Waals surface area contributed by atoms with Gasteiger partial charge in [0.2, 0.25) is 0 Å². The van der Waals surface area contributed by atoms with Crippen LogP contribution in [-0.2, 0) is 9.59 Å². The fraction of sp³-hybridized carbons (Fsp3) is 0.867. The van der Waals surface area contributed by atoms with Crippen molar-refractivity contribution in [3.05, 3.63) is 0 Å². The molecule has 2 aliphatic rings. The molecule has 21 heavy (non-hydrogen) atoms. The predicted molar refractivity (Wildman–Crippen MR) is 73.1 cm³/mol. The number of carboxylic acids is 2. The van der Waals surface area contributed by atoms with Crippen LogP contribution in [0.1, 0.15) is 67.1 Å². The largest absolute Gasteiger partial charge is 1.00 e. The first kappa shape index (κ1) is 22.6. The zero-order chi connectivity index (χ0) is 13.9. The van der Waals surface area contributed by atoms with E-state index in [9.17, 15) is 19.8 Å². The van der Waals surface area contributed by atoms with E-state index in [0.717, 1.165) is 64.2 Å². The molecule has 0 spiro atoms. The van der Waals surface area contributed by atoms with Crippen molar-refractivity contribution in [2.45, 2.75) is 64.2 Å². The maximum absolute atomic E-state index is 11.9. The zero-order valence-electron chi connectivity index (χ0n) is 15.4. The Labute approximate surface area is 194 Å². The molecule has 2 rings (SSSR count). The van der Waals surface area contributed by atoms with Crippen LogP contribution in [0.15, 0.2) is 0 Å². The predicted octanol–water partition coefficient (Wildman–Crippen LogP) is -2.46. The molecule has 0 aromatic heterocycles. The van der Waals surface area contributed by atoms with Crippen molar-refractivity contribution < 1.29 is 104 Å². The Morgan fingerprint density at radius 1 is 0.762 bits per heavy atom. The fourth-order valence-electron chi connectivity index (χ4n) is 4.24. The third-order valence-electron chi connectivity index (χ3n) is 5.21. The van der Waals surface area contributed by atoms with E-state index in [4.69, 9.17) is 0 Å². The van der Waals surface area contributed by atoms with Gasteiger partial charge in [0.05, 0.1) is 0 Å². The summed E-state index contributed by atoms with van der Waals surface area (Å²) in [7, 11) is 0. The Bertz CT molecular complexity index is 325. The molecule has 0 unspecified atom stereocenters. The van der Waals surface area contributed by atoms with Crippen molar-refractivity contribution in [3.8, 4) is 0 Å². The van der Waals surface area contributed by atoms with E-state index in [1.807, 2.05) is 0 Å². The molecule has 2 N–H and O–H groups in total. The Kier molecular flexibility index (Phi) is 11.2. The van der Waals surface area contributed by atoms with Crippen LogP contribution < -0.4 is 80.9 Å². The first-order chi connectivity index (χ1) is 9.10. The summed E-state index contributed by atoms with van der Waals surface area (Å²) in [6, 6.07) is 0. The number of hydrogen-bond acceptors (Lipinski definition) is 2. The standard InChI is InChI=1S/C15H24O4.K.Na.2H/c16-13(17)15(14(18)19,11-7-3-1-4-8-11)12-9-5-2-6-10-12;;;;/h11-12H,1-10H2,(H,16,17)(H,18,19);;;;/q;2*+1;2*-1. The number of hydrogen-bond donors (Lipinski definition) is 2. The van der Waals surface area contributed by atoms with Crippen LogP contribution in [0.2, 0.25) is 0 Å². The summed E-state index contributed by atoms with van der Waals surface area (Å²) in [5, 5.41) is 19.4. The summed E-state index contributed by atoms with van der Waals surface area (Å²) in [4.78, 5) is 23.8. The molecular weight excluding hydrogens is 306 g/mol. The fourth-order valence-corrected chi connectivity index (χ4v) is 4.24. The van der Waals surface area contributed by atoms with Crippen molar-refractivity contribution in [1.29, 1.82) is 0 Å². The summed E-state index contributed by atoms with van der Waals surface area (Å²) in [6.45, 7) is 0. The second kappa shape index (κ2) is 10.4. The third-order valence-corrected chi connectivity index (χ3v) is 5.21. The maximum atomic E-state index is 11.9. The Morgan fingerprint density at radius 2 is 1.05 bits per heavy atom. The molecule has 0 aromatic carbocycles. The van der Waals surface area contributed by atoms with Crippen LogP contribution in [0.3, 0.4) is 0 Å². The van der Waals surface area contributed by atoms with Gasteiger partial charge in [-0.05, 0) is 37.5 Å². The van der Waals surface area contributed by atoms with Gasteiger partial charge in [0, 0.05) is 0 Å². The van der Waals surface area contributed by atoms with E-state index in [-0.39, 0.29) is 95.6 Å². The van der Waals surface area contributed by atoms with Gasteiger partial charge in [-0.15, -0.1) is 0 Å². The minimum absolute atomic E-state index is 0. The Hall–Kier alpha value is 1.58. The summed E-state index contributed by atoms with van der Waals surface area (Å²) in [5.41, 5.74) is -1.53. The van der Waals surface area contributed by atoms with Crippen molar-refractivity contribution in [2.24, 2.45) is 17.3 Å². The molecule has 2 saturated carbocycles. The van der Waals surface area contributed by atoms with E-state index in [0.29, 0.717) is 0 Å². The van der Waals surface area contributed by atoms with E-state index in [1.165, 1.54) is 0 Å². The van der Waals surface area contributed by atoms with Crippen LogP contribution in [-0.4, -0.2) is 22.2 Å². The first-order valence-electron chi connectivity index (χ1n) is 7.57. The Morgan fingerprint density at radius 3 is 1.29 bits per heavy atom. The molecule has 2 fully saturated rings. The smallest absolute Gasteiger partial charge is 1.00 e. The second-order valence-electron chi connectivity index (χ2n) is 6.15. The van der Waals surface area contributed by atoms with Crippen LogP contribution in [0.4, 0.5) is 0 Å². The number of carbonyl (C=O) groups is 2. The molecule has 0 aromatic rings. The SMILES string of the molecule is O=C(O)C(C(=O)O)(C1CCCCC1)C1CCCCC1.[H-].[H-].[K+].[Na+]. The van der Waals surface area contributed by atoms with E-state index in [1.54, 1.807) is 0 Å². The van der Waals surface area contributed by atoms with Crippen molar-refractivity contribution in [3.63, 3.8) is 0 Å². The van der Waals surface area contributed by atoms with Gasteiger partial charge in [-0.2, -0.15) is 0 Å². The average molecular weight is 332 g/mol. The molecule has 0 heterocycles. The van der Waals surface area contributed by atoms with Gasteiger partial charge in [-0.3, -0.25) is 9.59 Å². The quantitative estimate of drug-likeness (QED) is 0.442. The summed E-state index contributed by atoms with van der Waals surface area (Å²) in [6.07, 6.45) is 9.14. The molecule has 0 aliphatic heterocycles. The molecule has 4 nitrogen and oxygen atoms in total. The Balaban J connectivity index is -0.000001000. The number of carboxylic acid groups (broad SMARTS) is 2. The van der Waals surface area contributed by atoms with Crippen molar-refractivity contribution >= 4 is 11.9 Å². The maximum Gasteiger partial charge on any atom is 1.00 e. The number of rotatable bonds is 4. The molecule has 2 aliphatic carbocycles. The average Bonchev–Trinajstić information content (AvgIpc) is 2.41. The molecule has 0 bridgehead atoms. The summed E-state index contributed by atoms with van der Waals surface area (Å²) >= 11 is 0. The van der Waals surface area contributed by atoms with E-state index < -0.39 is 17.4 Å². The van der Waals surface area contributed by atoms with Gasteiger partial charge in [0.25, 0.3) is 0 Å². The zero-order valence-corrected chi connectivity index (χ0v) is 18.6. The molecule has 6 heteroatoms. The molecule has 0 amide bonds. The van der Waals surface area contributed by atoms with Crippen molar-refractivity contribution in [2.75, 3.05) is 0 Å². The number of aliphatic carboxylic acids is 2. The van der Waals surface area contributed by atoms with Gasteiger partial charge in [-0.25, -0.2) is 0 Å². The van der Waals surface area contributed by atoms with Gasteiger partial charge < -0.3 is 13.1 Å². The molecule has 0 saturated heterocycles. The first-order valence-corrected chi connectivity index (χ1v) is 7.57. The third kappa shape index (κ3) is 4.78. The van der Waals surface area contributed by atoms with Crippen LogP contribution in [0.25, 0.3) is 0 Å². The van der Waals surface area contributed by atoms with Gasteiger partial charge in [0.1, 0.15) is 0 Å². The van der Waals surface area contributed by atoms with E-state index >= 15 is 0 Å². The van der Waals surface area contributed by atoms with Crippen LogP contribution in [0.5, 0.6) is 0 Å². The van der Waals surface area contributed by atoms with E-state index in [2.05, 4.69) is 0 Å². The molecular formula is C15H26KNaO4. The minimum Gasteiger partial charge on any atom is -1.00 e. The van der Waals surface area contributed by atoms with Gasteiger partial charge in [-0.1, -0.05) is 38.5 Å². The van der Waals surface area contributed by atoms with Crippen LogP contribution in [0, 0.1) is 17.3 Å². The molecule has 112 valence electrons. The molecule has 0 atom stereocenters. The normalized spacial score (nSPS) is 21.0.